The van der Waals surface area contributed by atoms with E-state index in [0.717, 1.165) is 24.8 Å². The number of nitrogens with zero attached hydrogens (tertiary/aromatic N) is 1. The van der Waals surface area contributed by atoms with Gasteiger partial charge in [-0.3, -0.25) is 9.89 Å². The topological polar surface area (TPSA) is 67.0 Å². The second-order valence-corrected chi connectivity index (χ2v) is 6.48. The highest BCUT2D eigenvalue weighted by Gasteiger charge is 2.41. The molecule has 2 N–H and O–H groups in total. The number of carbonyl (C=O) groups excluding carboxylic acids is 1. The molecule has 1 atom stereocenters. The molecule has 3 rings (SSSR count). The van der Waals surface area contributed by atoms with Gasteiger partial charge in [0.2, 0.25) is 5.91 Å². The molecule has 1 aromatic rings. The Morgan fingerprint density at radius 2 is 2.29 bits per heavy atom. The summed E-state index contributed by atoms with van der Waals surface area (Å²) in [6, 6.07) is 0.213. The van der Waals surface area contributed by atoms with Crippen LogP contribution in [0, 0.1) is 0 Å². The van der Waals surface area contributed by atoms with Gasteiger partial charge in [0.25, 0.3) is 0 Å². The number of hydrogen-bond donors (Lipinski definition) is 2. The number of hydrogen-bond acceptors (Lipinski definition) is 3. The second-order valence-electron chi connectivity index (χ2n) is 6.48. The maximum atomic E-state index is 12.0. The Balaban J connectivity index is 1.37. The molecule has 1 aliphatic carbocycles. The minimum absolute atomic E-state index is 0.0764. The lowest BCUT2D eigenvalue weighted by Crippen LogP contribution is -2.37. The normalized spacial score (nSPS) is 24.3. The van der Waals surface area contributed by atoms with Crippen molar-refractivity contribution < 1.29 is 9.53 Å². The van der Waals surface area contributed by atoms with E-state index in [0.29, 0.717) is 13.0 Å². The summed E-state index contributed by atoms with van der Waals surface area (Å²) in [5.41, 5.74) is 1.24. The summed E-state index contributed by atoms with van der Waals surface area (Å²) in [4.78, 5) is 12.0. The van der Waals surface area contributed by atoms with E-state index in [2.05, 4.69) is 15.5 Å². The molecule has 1 aliphatic heterocycles. The maximum Gasteiger partial charge on any atom is 0.220 e. The predicted octanol–water partition coefficient (Wildman–Crippen LogP) is 2.34. The van der Waals surface area contributed by atoms with Crippen LogP contribution < -0.4 is 5.32 Å². The van der Waals surface area contributed by atoms with Crippen LogP contribution in [0.25, 0.3) is 0 Å². The number of nitrogens with one attached hydrogen (secondary N) is 2. The SMILES string of the molecule is O=C(CCCc1cn[nH]c1)N[C@@H]1COC2(CCCCC2)C1. The van der Waals surface area contributed by atoms with Crippen LogP contribution in [0.1, 0.15) is 56.9 Å². The van der Waals surface area contributed by atoms with Crippen molar-refractivity contribution in [1.29, 1.82) is 0 Å². The van der Waals surface area contributed by atoms with Crippen LogP contribution in [-0.2, 0) is 16.0 Å². The van der Waals surface area contributed by atoms with Gasteiger partial charge in [0.05, 0.1) is 24.4 Å². The van der Waals surface area contributed by atoms with Crippen LogP contribution in [0.3, 0.4) is 0 Å². The van der Waals surface area contributed by atoms with E-state index < -0.39 is 0 Å². The smallest absolute Gasteiger partial charge is 0.220 e. The molecule has 116 valence electrons. The number of carbonyl (C=O) groups is 1. The lowest BCUT2D eigenvalue weighted by Gasteiger charge is -2.32. The van der Waals surface area contributed by atoms with Crippen LogP contribution in [0.15, 0.2) is 12.4 Å². The van der Waals surface area contributed by atoms with Gasteiger partial charge in [0.15, 0.2) is 0 Å². The number of H-pyrrole nitrogens is 1. The number of ether oxygens (including phenoxy) is 1. The lowest BCUT2D eigenvalue weighted by atomic mass is 9.82. The van der Waals surface area contributed by atoms with E-state index in [-0.39, 0.29) is 17.6 Å². The first-order chi connectivity index (χ1) is 10.3. The molecule has 21 heavy (non-hydrogen) atoms. The summed E-state index contributed by atoms with van der Waals surface area (Å²) in [5.74, 6) is 0.153. The van der Waals surface area contributed by atoms with Gasteiger partial charge in [-0.2, -0.15) is 5.10 Å². The number of amides is 1. The Kier molecular flexibility index (Phi) is 4.58. The van der Waals surface area contributed by atoms with Crippen LogP contribution in [-0.4, -0.2) is 34.4 Å². The lowest BCUT2D eigenvalue weighted by molar-refractivity contribution is -0.121. The largest absolute Gasteiger partial charge is 0.373 e. The minimum Gasteiger partial charge on any atom is -0.373 e. The fourth-order valence-electron chi connectivity index (χ4n) is 3.65. The van der Waals surface area contributed by atoms with Gasteiger partial charge in [-0.05, 0) is 37.7 Å². The van der Waals surface area contributed by atoms with Crippen LogP contribution in [0.2, 0.25) is 0 Å². The van der Waals surface area contributed by atoms with Crippen molar-refractivity contribution >= 4 is 5.91 Å². The Morgan fingerprint density at radius 1 is 1.43 bits per heavy atom. The van der Waals surface area contributed by atoms with Crippen molar-refractivity contribution in [3.05, 3.63) is 18.0 Å². The van der Waals surface area contributed by atoms with E-state index in [1.807, 2.05) is 12.4 Å². The predicted molar refractivity (Wildman–Crippen MR) is 79.8 cm³/mol. The molecule has 2 heterocycles. The first-order valence-corrected chi connectivity index (χ1v) is 8.17. The molecule has 1 amide bonds. The van der Waals surface area contributed by atoms with Crippen molar-refractivity contribution in [2.45, 2.75) is 69.4 Å². The average Bonchev–Trinajstić information content (AvgIpc) is 3.11. The molecule has 1 saturated heterocycles. The molecule has 1 spiro atoms. The van der Waals surface area contributed by atoms with Crippen molar-refractivity contribution in [2.75, 3.05) is 6.61 Å². The zero-order chi connectivity index (χ0) is 14.5. The van der Waals surface area contributed by atoms with E-state index >= 15 is 0 Å². The Labute approximate surface area is 125 Å². The Hall–Kier alpha value is -1.36. The summed E-state index contributed by atoms with van der Waals surface area (Å²) < 4.78 is 6.03. The first kappa shape index (κ1) is 14.6. The van der Waals surface area contributed by atoms with Crippen LogP contribution >= 0.6 is 0 Å². The number of aromatic amines is 1. The molecule has 0 unspecified atom stereocenters. The van der Waals surface area contributed by atoms with Gasteiger partial charge in [-0.25, -0.2) is 0 Å². The monoisotopic (exact) mass is 291 g/mol. The summed E-state index contributed by atoms with van der Waals surface area (Å²) in [5, 5.41) is 9.84. The zero-order valence-corrected chi connectivity index (χ0v) is 12.6. The van der Waals surface area contributed by atoms with Gasteiger partial charge >= 0.3 is 0 Å². The van der Waals surface area contributed by atoms with Gasteiger partial charge < -0.3 is 10.1 Å². The fraction of sp³-hybridized carbons (Fsp3) is 0.750. The molecule has 0 radical (unpaired) electrons. The summed E-state index contributed by atoms with van der Waals surface area (Å²) in [6.07, 6.45) is 13.2. The minimum atomic E-state index is 0.0764. The summed E-state index contributed by atoms with van der Waals surface area (Å²) >= 11 is 0. The summed E-state index contributed by atoms with van der Waals surface area (Å²) in [6.45, 7) is 0.688. The zero-order valence-electron chi connectivity index (χ0n) is 12.6. The van der Waals surface area contributed by atoms with E-state index in [9.17, 15) is 4.79 Å². The van der Waals surface area contributed by atoms with E-state index in [4.69, 9.17) is 4.74 Å². The average molecular weight is 291 g/mol. The van der Waals surface area contributed by atoms with Gasteiger partial charge in [-0.1, -0.05) is 19.3 Å². The second kappa shape index (κ2) is 6.60. The van der Waals surface area contributed by atoms with Crippen molar-refractivity contribution in [3.8, 4) is 0 Å². The Bertz CT molecular complexity index is 452. The van der Waals surface area contributed by atoms with Crippen molar-refractivity contribution in [1.82, 2.24) is 15.5 Å². The summed E-state index contributed by atoms with van der Waals surface area (Å²) in [7, 11) is 0. The molecule has 0 aromatic carbocycles. The molecule has 1 aromatic heterocycles. The molecule has 1 saturated carbocycles. The fourth-order valence-corrected chi connectivity index (χ4v) is 3.65. The molecular formula is C16H25N3O2. The number of aromatic nitrogens is 2. The maximum absolute atomic E-state index is 12.0. The molecule has 0 bridgehead atoms. The third-order valence-electron chi connectivity index (χ3n) is 4.76. The molecule has 2 aliphatic rings. The molecule has 2 fully saturated rings. The third kappa shape index (κ3) is 3.84. The van der Waals surface area contributed by atoms with Gasteiger partial charge in [0, 0.05) is 12.6 Å². The third-order valence-corrected chi connectivity index (χ3v) is 4.76. The molecule has 5 heteroatoms. The van der Waals surface area contributed by atoms with Crippen LogP contribution in [0.5, 0.6) is 0 Å². The quantitative estimate of drug-likeness (QED) is 0.875. The highest BCUT2D eigenvalue weighted by Crippen LogP contribution is 2.39. The molecular weight excluding hydrogens is 266 g/mol. The standard InChI is InChI=1S/C16H25N3O2/c20-15(6-4-5-13-10-17-18-11-13)19-14-9-16(21-12-14)7-2-1-3-8-16/h10-11,14H,1-9,12H2,(H,17,18)(H,19,20)/t14-/m0/s1. The van der Waals surface area contributed by atoms with Crippen molar-refractivity contribution in [3.63, 3.8) is 0 Å². The highest BCUT2D eigenvalue weighted by molar-refractivity contribution is 5.76. The highest BCUT2D eigenvalue weighted by atomic mass is 16.5. The van der Waals surface area contributed by atoms with E-state index in [1.165, 1.54) is 32.1 Å². The molecule has 5 nitrogen and oxygen atoms in total. The van der Waals surface area contributed by atoms with Gasteiger partial charge in [0.1, 0.15) is 0 Å². The van der Waals surface area contributed by atoms with Crippen LogP contribution in [0.4, 0.5) is 0 Å². The Morgan fingerprint density at radius 3 is 3.05 bits per heavy atom. The number of rotatable bonds is 5. The van der Waals surface area contributed by atoms with Crippen molar-refractivity contribution in [2.24, 2.45) is 0 Å². The van der Waals surface area contributed by atoms with E-state index in [1.54, 1.807) is 0 Å². The van der Waals surface area contributed by atoms with Gasteiger partial charge in [-0.15, -0.1) is 0 Å². The number of aryl methyl sites for hydroxylation is 1. The first-order valence-electron chi connectivity index (χ1n) is 8.17.